The number of rotatable bonds is 6. The number of hydrogen-bond donors (Lipinski definition) is 3. The van der Waals surface area contributed by atoms with E-state index in [9.17, 15) is 0 Å². The molecule has 0 atom stereocenters. The predicted molar refractivity (Wildman–Crippen MR) is 68.4 cm³/mol. The first-order valence-electron chi connectivity index (χ1n) is 5.68. The van der Waals surface area contributed by atoms with Crippen molar-refractivity contribution in [2.24, 2.45) is 0 Å². The molecule has 0 saturated carbocycles. The van der Waals surface area contributed by atoms with Crippen molar-refractivity contribution < 1.29 is 4.74 Å². The lowest BCUT2D eigenvalue weighted by atomic mass is 10.3. The third kappa shape index (κ3) is 3.09. The van der Waals surface area contributed by atoms with Crippen LogP contribution < -0.4 is 15.8 Å². The Kier molecular flexibility index (Phi) is 3.95. The molecule has 2 heterocycles. The van der Waals surface area contributed by atoms with Gasteiger partial charge in [0.15, 0.2) is 0 Å². The molecule has 0 unspecified atom stereocenters. The summed E-state index contributed by atoms with van der Waals surface area (Å²) in [5, 5.41) is 9.81. The highest BCUT2D eigenvalue weighted by atomic mass is 16.5. The maximum Gasteiger partial charge on any atom is 0.238 e. The molecule has 0 saturated heterocycles. The van der Waals surface area contributed by atoms with Gasteiger partial charge in [-0.05, 0) is 18.6 Å². The van der Waals surface area contributed by atoms with Crippen LogP contribution in [0.5, 0.6) is 5.88 Å². The zero-order valence-corrected chi connectivity index (χ0v) is 10.2. The van der Waals surface area contributed by atoms with E-state index >= 15 is 0 Å². The minimum Gasteiger partial charge on any atom is -0.479 e. The summed E-state index contributed by atoms with van der Waals surface area (Å²) in [6.45, 7) is 0.792. The summed E-state index contributed by atoms with van der Waals surface area (Å²) in [7, 11) is 1.55. The van der Waals surface area contributed by atoms with Crippen molar-refractivity contribution in [3.8, 4) is 5.88 Å². The number of methoxy groups -OCH3 is 1. The summed E-state index contributed by atoms with van der Waals surface area (Å²) in [5.74, 6) is 2.08. The van der Waals surface area contributed by atoms with Gasteiger partial charge in [-0.1, -0.05) is 0 Å². The molecule has 2 aromatic rings. The largest absolute Gasteiger partial charge is 0.479 e. The molecule has 0 fully saturated rings. The highest BCUT2D eigenvalue weighted by Gasteiger charge is 2.02. The van der Waals surface area contributed by atoms with Crippen LogP contribution in [-0.2, 0) is 6.42 Å². The number of nitrogens with zero attached hydrogens (tertiary/aromatic N) is 3. The van der Waals surface area contributed by atoms with Crippen LogP contribution in [0.1, 0.15) is 12.2 Å². The average molecular weight is 248 g/mol. The van der Waals surface area contributed by atoms with Gasteiger partial charge in [0.1, 0.15) is 18.0 Å². The van der Waals surface area contributed by atoms with Crippen LogP contribution >= 0.6 is 0 Å². The number of nitrogen functional groups attached to an aromatic ring is 1. The summed E-state index contributed by atoms with van der Waals surface area (Å²) in [6, 6.07) is 3.59. The second-order valence-corrected chi connectivity index (χ2v) is 3.76. The van der Waals surface area contributed by atoms with Gasteiger partial charge in [0.05, 0.1) is 12.8 Å². The van der Waals surface area contributed by atoms with Crippen LogP contribution in [0, 0.1) is 0 Å². The molecule has 0 bridgehead atoms. The molecule has 4 N–H and O–H groups in total. The SMILES string of the molecule is COc1nc(NCCCc2ncn[nH]2)ccc1N. The standard InChI is InChI=1S/C11H16N6O/c1-18-11-8(12)4-5-9(16-11)13-6-2-3-10-14-7-15-17-10/h4-5,7H,2-3,6,12H2,1H3,(H,13,16)(H,14,15,17). The average Bonchev–Trinajstić information content (AvgIpc) is 2.89. The Labute approximate surface area is 105 Å². The summed E-state index contributed by atoms with van der Waals surface area (Å²) in [5.41, 5.74) is 6.22. The second kappa shape index (κ2) is 5.85. The fourth-order valence-corrected chi connectivity index (χ4v) is 1.54. The minimum absolute atomic E-state index is 0.440. The van der Waals surface area contributed by atoms with E-state index in [1.165, 1.54) is 6.33 Å². The number of hydrogen-bond acceptors (Lipinski definition) is 6. The topological polar surface area (TPSA) is 102 Å². The summed E-state index contributed by atoms with van der Waals surface area (Å²) in [6.07, 6.45) is 3.29. The third-order valence-corrected chi connectivity index (χ3v) is 2.44. The second-order valence-electron chi connectivity index (χ2n) is 3.76. The van der Waals surface area contributed by atoms with Crippen molar-refractivity contribution in [3.05, 3.63) is 24.3 Å². The minimum atomic E-state index is 0.440. The molecule has 0 spiro atoms. The molecular weight excluding hydrogens is 232 g/mol. The van der Waals surface area contributed by atoms with E-state index in [0.29, 0.717) is 11.6 Å². The van der Waals surface area contributed by atoms with Gasteiger partial charge in [-0.2, -0.15) is 10.1 Å². The van der Waals surface area contributed by atoms with E-state index < -0.39 is 0 Å². The first kappa shape index (κ1) is 12.2. The quantitative estimate of drug-likeness (QED) is 0.655. The van der Waals surface area contributed by atoms with Gasteiger partial charge in [0, 0.05) is 13.0 Å². The number of nitrogens with two attached hydrogens (primary N) is 1. The molecule has 0 amide bonds. The maximum absolute atomic E-state index is 5.68. The lowest BCUT2D eigenvalue weighted by molar-refractivity contribution is 0.401. The van der Waals surface area contributed by atoms with Crippen LogP contribution in [0.3, 0.4) is 0 Å². The van der Waals surface area contributed by atoms with Crippen LogP contribution in [0.4, 0.5) is 11.5 Å². The molecule has 2 aromatic heterocycles. The van der Waals surface area contributed by atoms with Gasteiger partial charge < -0.3 is 15.8 Å². The fourth-order valence-electron chi connectivity index (χ4n) is 1.54. The number of aromatic amines is 1. The predicted octanol–water partition coefficient (Wildman–Crippen LogP) is 0.835. The molecule has 2 rings (SSSR count). The summed E-state index contributed by atoms with van der Waals surface area (Å²) in [4.78, 5) is 8.28. The lowest BCUT2D eigenvalue weighted by Crippen LogP contribution is -2.06. The van der Waals surface area contributed by atoms with Crippen molar-refractivity contribution >= 4 is 11.5 Å². The Morgan fingerprint density at radius 3 is 3.06 bits per heavy atom. The van der Waals surface area contributed by atoms with Crippen molar-refractivity contribution in [1.29, 1.82) is 0 Å². The van der Waals surface area contributed by atoms with Crippen molar-refractivity contribution in [2.75, 3.05) is 24.7 Å². The number of aromatic nitrogens is 4. The summed E-state index contributed by atoms with van der Waals surface area (Å²) < 4.78 is 5.05. The highest BCUT2D eigenvalue weighted by molar-refractivity contribution is 5.53. The van der Waals surface area contributed by atoms with E-state index in [1.807, 2.05) is 6.07 Å². The first-order valence-corrected chi connectivity index (χ1v) is 5.68. The molecule has 0 aliphatic rings. The molecule has 7 nitrogen and oxygen atoms in total. The van der Waals surface area contributed by atoms with Crippen LogP contribution in [0.2, 0.25) is 0 Å². The van der Waals surface area contributed by atoms with Crippen LogP contribution in [0.15, 0.2) is 18.5 Å². The van der Waals surface area contributed by atoms with E-state index in [4.69, 9.17) is 10.5 Å². The number of H-pyrrole nitrogens is 1. The molecule has 18 heavy (non-hydrogen) atoms. The van der Waals surface area contributed by atoms with Crippen molar-refractivity contribution in [2.45, 2.75) is 12.8 Å². The molecule has 0 radical (unpaired) electrons. The Hall–Kier alpha value is -2.31. The Morgan fingerprint density at radius 2 is 2.33 bits per heavy atom. The number of nitrogens with one attached hydrogen (secondary N) is 2. The van der Waals surface area contributed by atoms with Gasteiger partial charge in [-0.3, -0.25) is 5.10 Å². The van der Waals surface area contributed by atoms with Crippen molar-refractivity contribution in [1.82, 2.24) is 20.2 Å². The Morgan fingerprint density at radius 1 is 1.44 bits per heavy atom. The highest BCUT2D eigenvalue weighted by Crippen LogP contribution is 2.19. The smallest absolute Gasteiger partial charge is 0.238 e. The number of pyridine rings is 1. The zero-order valence-electron chi connectivity index (χ0n) is 10.2. The maximum atomic E-state index is 5.68. The molecule has 96 valence electrons. The van der Waals surface area contributed by atoms with Gasteiger partial charge >= 0.3 is 0 Å². The van der Waals surface area contributed by atoms with E-state index in [2.05, 4.69) is 25.5 Å². The van der Waals surface area contributed by atoms with Gasteiger partial charge in [0.2, 0.25) is 5.88 Å². The molecule has 7 heteroatoms. The molecule has 0 aliphatic carbocycles. The van der Waals surface area contributed by atoms with Crippen LogP contribution in [-0.4, -0.2) is 33.8 Å². The number of anilines is 2. The third-order valence-electron chi connectivity index (χ3n) is 2.44. The van der Waals surface area contributed by atoms with Crippen molar-refractivity contribution in [3.63, 3.8) is 0 Å². The van der Waals surface area contributed by atoms with Gasteiger partial charge in [0.25, 0.3) is 0 Å². The monoisotopic (exact) mass is 248 g/mol. The zero-order chi connectivity index (χ0) is 12.8. The molecular formula is C11H16N6O. The van der Waals surface area contributed by atoms with E-state index in [0.717, 1.165) is 31.0 Å². The van der Waals surface area contributed by atoms with Crippen LogP contribution in [0.25, 0.3) is 0 Å². The van der Waals surface area contributed by atoms with Gasteiger partial charge in [-0.25, -0.2) is 4.98 Å². The fraction of sp³-hybridized carbons (Fsp3) is 0.364. The molecule has 0 aromatic carbocycles. The van der Waals surface area contributed by atoms with Gasteiger partial charge in [-0.15, -0.1) is 0 Å². The molecule has 0 aliphatic heterocycles. The van der Waals surface area contributed by atoms with E-state index in [1.54, 1.807) is 13.2 Å². The first-order chi connectivity index (χ1) is 8.79. The Balaban J connectivity index is 1.79. The summed E-state index contributed by atoms with van der Waals surface area (Å²) >= 11 is 0. The number of aryl methyl sites for hydroxylation is 1. The normalized spacial score (nSPS) is 10.3. The number of ether oxygens (including phenoxy) is 1. The Bertz CT molecular complexity index is 484. The lowest BCUT2D eigenvalue weighted by Gasteiger charge is -2.08. The van der Waals surface area contributed by atoms with E-state index in [-0.39, 0.29) is 0 Å².